The molecule has 1 saturated heterocycles. The fourth-order valence-electron chi connectivity index (χ4n) is 2.76. The minimum Gasteiger partial charge on any atom is -0.314 e. The van der Waals surface area contributed by atoms with Crippen LogP contribution in [0, 0.1) is 0 Å². The highest BCUT2D eigenvalue weighted by molar-refractivity contribution is 5.20. The second kappa shape index (κ2) is 7.63. The summed E-state index contributed by atoms with van der Waals surface area (Å²) < 4.78 is 0. The Morgan fingerprint density at radius 3 is 2.74 bits per heavy atom. The topological polar surface area (TPSA) is 18.5 Å². The number of nitrogens with zero attached hydrogens (tertiary/aromatic N) is 2. The Hall–Kier alpha value is -0.900. The second-order valence-corrected chi connectivity index (χ2v) is 5.68. The molecule has 1 N–H and O–H groups in total. The van der Waals surface area contributed by atoms with Crippen LogP contribution in [0.1, 0.15) is 24.4 Å². The molecule has 19 heavy (non-hydrogen) atoms. The molecule has 3 nitrogen and oxygen atoms in total. The van der Waals surface area contributed by atoms with Crippen molar-refractivity contribution in [3.8, 4) is 0 Å². The van der Waals surface area contributed by atoms with Crippen LogP contribution in [-0.4, -0.2) is 56.6 Å². The molecule has 1 unspecified atom stereocenters. The maximum Gasteiger partial charge on any atom is 0.0473 e. The molecule has 0 bridgehead atoms. The summed E-state index contributed by atoms with van der Waals surface area (Å²) in [5.41, 5.74) is 1.45. The third-order valence-corrected chi connectivity index (χ3v) is 3.84. The largest absolute Gasteiger partial charge is 0.314 e. The van der Waals surface area contributed by atoms with Crippen molar-refractivity contribution in [2.45, 2.75) is 18.9 Å². The van der Waals surface area contributed by atoms with E-state index in [1.54, 1.807) is 0 Å². The van der Waals surface area contributed by atoms with Crippen molar-refractivity contribution in [2.75, 3.05) is 46.8 Å². The smallest absolute Gasteiger partial charge is 0.0473 e. The lowest BCUT2D eigenvalue weighted by Gasteiger charge is -2.36. The number of benzene rings is 1. The van der Waals surface area contributed by atoms with Gasteiger partial charge in [-0.25, -0.2) is 0 Å². The zero-order valence-electron chi connectivity index (χ0n) is 12.3. The van der Waals surface area contributed by atoms with Gasteiger partial charge in [0.25, 0.3) is 0 Å². The highest BCUT2D eigenvalue weighted by atomic mass is 15.2. The van der Waals surface area contributed by atoms with Gasteiger partial charge >= 0.3 is 0 Å². The van der Waals surface area contributed by atoms with E-state index in [9.17, 15) is 0 Å². The van der Waals surface area contributed by atoms with E-state index in [0.29, 0.717) is 6.04 Å². The van der Waals surface area contributed by atoms with Crippen molar-refractivity contribution in [2.24, 2.45) is 0 Å². The van der Waals surface area contributed by atoms with Crippen molar-refractivity contribution in [3.63, 3.8) is 0 Å². The van der Waals surface area contributed by atoms with Gasteiger partial charge in [-0.15, -0.1) is 0 Å². The molecule has 3 heteroatoms. The van der Waals surface area contributed by atoms with Gasteiger partial charge < -0.3 is 10.2 Å². The average Bonchev–Trinajstić information content (AvgIpc) is 2.45. The van der Waals surface area contributed by atoms with Crippen LogP contribution in [0.25, 0.3) is 0 Å². The highest BCUT2D eigenvalue weighted by Crippen LogP contribution is 2.22. The predicted octanol–water partition coefficient (Wildman–Crippen LogP) is 1.97. The van der Waals surface area contributed by atoms with Crippen LogP contribution < -0.4 is 5.32 Å². The van der Waals surface area contributed by atoms with Crippen LogP contribution in [0.4, 0.5) is 0 Å². The molecule has 1 heterocycles. The van der Waals surface area contributed by atoms with Crippen molar-refractivity contribution >= 4 is 0 Å². The molecule has 1 aromatic carbocycles. The van der Waals surface area contributed by atoms with Crippen molar-refractivity contribution in [1.82, 2.24) is 15.1 Å². The summed E-state index contributed by atoms with van der Waals surface area (Å²) in [6.45, 7) is 5.79. The van der Waals surface area contributed by atoms with E-state index < -0.39 is 0 Å². The molecule has 2 rings (SSSR count). The minimum atomic E-state index is 0.550. The first kappa shape index (κ1) is 14.5. The lowest BCUT2D eigenvalue weighted by Crippen LogP contribution is -2.46. The first-order valence-electron chi connectivity index (χ1n) is 7.42. The van der Waals surface area contributed by atoms with Gasteiger partial charge in [0.1, 0.15) is 0 Å². The summed E-state index contributed by atoms with van der Waals surface area (Å²) in [6.07, 6.45) is 2.58. The maximum atomic E-state index is 3.52. The minimum absolute atomic E-state index is 0.550. The summed E-state index contributed by atoms with van der Waals surface area (Å²) >= 11 is 0. The number of unbranched alkanes of at least 4 members (excludes halogenated alkanes) is 1. The van der Waals surface area contributed by atoms with Gasteiger partial charge in [-0.1, -0.05) is 30.3 Å². The lowest BCUT2D eigenvalue weighted by molar-refractivity contribution is 0.157. The first-order valence-corrected chi connectivity index (χ1v) is 7.42. The standard InChI is InChI=1S/C16H27N3/c1-18(2)11-6-7-12-19-13-10-17-14-16(19)15-8-4-3-5-9-15/h3-5,8-9,16-17H,6-7,10-14H2,1-2H3. The van der Waals surface area contributed by atoms with E-state index in [-0.39, 0.29) is 0 Å². The normalized spacial score (nSPS) is 20.9. The third kappa shape index (κ3) is 4.60. The molecule has 0 spiro atoms. The Morgan fingerprint density at radius 1 is 1.21 bits per heavy atom. The van der Waals surface area contributed by atoms with Crippen LogP contribution >= 0.6 is 0 Å². The molecular formula is C16H27N3. The van der Waals surface area contributed by atoms with Crippen molar-refractivity contribution in [3.05, 3.63) is 35.9 Å². The molecule has 1 atom stereocenters. The Balaban J connectivity index is 1.86. The van der Waals surface area contributed by atoms with E-state index in [4.69, 9.17) is 0 Å². The molecule has 106 valence electrons. The summed E-state index contributed by atoms with van der Waals surface area (Å²) in [5.74, 6) is 0. The molecule has 1 aliphatic rings. The molecule has 0 aromatic heterocycles. The van der Waals surface area contributed by atoms with Gasteiger partial charge in [-0.2, -0.15) is 0 Å². The summed E-state index contributed by atoms with van der Waals surface area (Å²) in [6, 6.07) is 11.5. The van der Waals surface area contributed by atoms with Crippen LogP contribution in [0.15, 0.2) is 30.3 Å². The molecule has 1 aromatic rings. The van der Waals surface area contributed by atoms with Crippen LogP contribution in [0.2, 0.25) is 0 Å². The summed E-state index contributed by atoms with van der Waals surface area (Å²) in [7, 11) is 4.30. The molecule has 1 fully saturated rings. The van der Waals surface area contributed by atoms with Gasteiger partial charge in [0.2, 0.25) is 0 Å². The van der Waals surface area contributed by atoms with E-state index in [0.717, 1.165) is 13.1 Å². The summed E-state index contributed by atoms with van der Waals surface area (Å²) in [4.78, 5) is 4.91. The number of hydrogen-bond acceptors (Lipinski definition) is 3. The maximum absolute atomic E-state index is 3.52. The molecule has 1 aliphatic heterocycles. The van der Waals surface area contributed by atoms with E-state index in [1.165, 1.54) is 38.0 Å². The van der Waals surface area contributed by atoms with E-state index in [2.05, 4.69) is 59.5 Å². The summed E-state index contributed by atoms with van der Waals surface area (Å²) in [5, 5.41) is 3.52. The van der Waals surface area contributed by atoms with Crippen LogP contribution in [-0.2, 0) is 0 Å². The predicted molar refractivity (Wildman–Crippen MR) is 81.4 cm³/mol. The fraction of sp³-hybridized carbons (Fsp3) is 0.625. The zero-order chi connectivity index (χ0) is 13.5. The van der Waals surface area contributed by atoms with Crippen molar-refractivity contribution < 1.29 is 0 Å². The monoisotopic (exact) mass is 261 g/mol. The lowest BCUT2D eigenvalue weighted by atomic mass is 10.0. The highest BCUT2D eigenvalue weighted by Gasteiger charge is 2.22. The average molecular weight is 261 g/mol. The van der Waals surface area contributed by atoms with E-state index >= 15 is 0 Å². The third-order valence-electron chi connectivity index (χ3n) is 3.84. The Labute approximate surface area is 117 Å². The number of nitrogens with one attached hydrogen (secondary N) is 1. The number of piperazine rings is 1. The van der Waals surface area contributed by atoms with Crippen molar-refractivity contribution in [1.29, 1.82) is 0 Å². The van der Waals surface area contributed by atoms with Gasteiger partial charge in [-0.3, -0.25) is 4.90 Å². The Morgan fingerprint density at radius 2 is 2.00 bits per heavy atom. The Kier molecular flexibility index (Phi) is 5.83. The quantitative estimate of drug-likeness (QED) is 0.790. The molecule has 0 amide bonds. The van der Waals surface area contributed by atoms with Crippen LogP contribution in [0.3, 0.4) is 0 Å². The zero-order valence-corrected chi connectivity index (χ0v) is 12.3. The fourth-order valence-corrected chi connectivity index (χ4v) is 2.76. The second-order valence-electron chi connectivity index (χ2n) is 5.68. The molecule has 0 saturated carbocycles. The number of rotatable bonds is 6. The molecule has 0 aliphatic carbocycles. The van der Waals surface area contributed by atoms with E-state index in [1.807, 2.05) is 0 Å². The SMILES string of the molecule is CN(C)CCCCN1CCNCC1c1ccccc1. The number of hydrogen-bond donors (Lipinski definition) is 1. The van der Waals surface area contributed by atoms with Gasteiger partial charge in [0.05, 0.1) is 0 Å². The Bertz CT molecular complexity index is 350. The first-order chi connectivity index (χ1) is 9.27. The molecular weight excluding hydrogens is 234 g/mol. The molecule has 0 radical (unpaired) electrons. The van der Waals surface area contributed by atoms with Gasteiger partial charge in [0, 0.05) is 25.7 Å². The van der Waals surface area contributed by atoms with Crippen LogP contribution in [0.5, 0.6) is 0 Å². The van der Waals surface area contributed by atoms with Gasteiger partial charge in [0.15, 0.2) is 0 Å². The van der Waals surface area contributed by atoms with Gasteiger partial charge in [-0.05, 0) is 45.6 Å².